The van der Waals surface area contributed by atoms with Crippen LogP contribution in [0.1, 0.15) is 35.3 Å². The minimum atomic E-state index is -0.477. The molecule has 150 valence electrons. The molecule has 0 unspecified atom stereocenters. The van der Waals surface area contributed by atoms with E-state index in [0.29, 0.717) is 16.9 Å². The first-order valence-electron chi connectivity index (χ1n) is 8.77. The van der Waals surface area contributed by atoms with Crippen LogP contribution in [0.3, 0.4) is 0 Å². The fourth-order valence-corrected chi connectivity index (χ4v) is 3.28. The maximum atomic E-state index is 14.1. The predicted molar refractivity (Wildman–Crippen MR) is 113 cm³/mol. The largest absolute Gasteiger partial charge is 0.357 e. The number of imidazole rings is 1. The number of nitrogens with one attached hydrogen (secondary N) is 1. The summed E-state index contributed by atoms with van der Waals surface area (Å²) in [6.07, 6.45) is 8.52. The van der Waals surface area contributed by atoms with Gasteiger partial charge in [0.2, 0.25) is 0 Å². The van der Waals surface area contributed by atoms with Gasteiger partial charge in [0, 0.05) is 37.7 Å². The number of pyridine rings is 2. The van der Waals surface area contributed by atoms with Gasteiger partial charge in [-0.1, -0.05) is 0 Å². The Bertz CT molecular complexity index is 955. The van der Waals surface area contributed by atoms with Crippen molar-refractivity contribution in [3.63, 3.8) is 0 Å². The maximum absolute atomic E-state index is 14.1. The topological polar surface area (TPSA) is 62.5 Å². The van der Waals surface area contributed by atoms with Crippen molar-refractivity contribution in [2.75, 3.05) is 23.3 Å². The number of piperidine rings is 1. The van der Waals surface area contributed by atoms with Crippen LogP contribution in [0.5, 0.6) is 0 Å². The average molecular weight is 426 g/mol. The highest BCUT2D eigenvalue weighted by Crippen LogP contribution is 2.19. The normalized spacial score (nSPS) is 13.6. The molecule has 1 aliphatic heterocycles. The van der Waals surface area contributed by atoms with E-state index in [9.17, 15) is 9.18 Å². The van der Waals surface area contributed by atoms with Crippen LogP contribution in [0.15, 0.2) is 36.8 Å². The van der Waals surface area contributed by atoms with Crippen LogP contribution < -0.4 is 10.2 Å². The summed E-state index contributed by atoms with van der Waals surface area (Å²) in [6.45, 7) is 3.80. The van der Waals surface area contributed by atoms with E-state index in [4.69, 9.17) is 0 Å². The highest BCUT2D eigenvalue weighted by atomic mass is 35.5. The summed E-state index contributed by atoms with van der Waals surface area (Å²) in [5.74, 6) is 0.0929. The Morgan fingerprint density at radius 1 is 1.14 bits per heavy atom. The smallest absolute Gasteiger partial charge is 0.257 e. The van der Waals surface area contributed by atoms with Gasteiger partial charge < -0.3 is 14.6 Å². The molecule has 9 heteroatoms. The Morgan fingerprint density at radius 3 is 2.57 bits per heavy atom. The molecular weight excluding hydrogens is 404 g/mol. The molecule has 0 spiro atoms. The molecule has 1 saturated heterocycles. The number of fused-ring (bicyclic) bond motifs is 1. The molecule has 0 saturated carbocycles. The second kappa shape index (κ2) is 9.21. The van der Waals surface area contributed by atoms with Crippen LogP contribution in [0.2, 0.25) is 0 Å². The summed E-state index contributed by atoms with van der Waals surface area (Å²) in [7, 11) is 0. The summed E-state index contributed by atoms with van der Waals surface area (Å²) in [4.78, 5) is 23.2. The molecule has 4 heterocycles. The average Bonchev–Trinajstić information content (AvgIpc) is 3.03. The van der Waals surface area contributed by atoms with Gasteiger partial charge in [0.15, 0.2) is 11.5 Å². The van der Waals surface area contributed by atoms with Crippen molar-refractivity contribution in [2.45, 2.75) is 26.2 Å². The van der Waals surface area contributed by atoms with Crippen LogP contribution in [-0.2, 0) is 0 Å². The second-order valence-corrected chi connectivity index (χ2v) is 6.60. The summed E-state index contributed by atoms with van der Waals surface area (Å²) >= 11 is 0. The van der Waals surface area contributed by atoms with Crippen LogP contribution in [0.4, 0.5) is 15.9 Å². The lowest BCUT2D eigenvalue weighted by Crippen LogP contribution is -2.30. The monoisotopic (exact) mass is 425 g/mol. The standard InChI is InChI=1S/C19H20FN5O.2ClH/c1-13-11-25-12-15(9-16(20)18(25)22-13)23-19(26)14-5-6-17(21-10-14)24-7-3-2-4-8-24;;/h5-6,9-12H,2-4,7-8H2,1H3,(H,23,26);2*1H. The van der Waals surface area contributed by atoms with Gasteiger partial charge in [-0.3, -0.25) is 4.79 Å². The molecule has 28 heavy (non-hydrogen) atoms. The Hall–Kier alpha value is -2.38. The van der Waals surface area contributed by atoms with E-state index >= 15 is 0 Å². The summed E-state index contributed by atoms with van der Waals surface area (Å²) in [5, 5.41) is 2.72. The molecule has 0 aromatic carbocycles. The van der Waals surface area contributed by atoms with E-state index in [1.165, 1.54) is 25.3 Å². The van der Waals surface area contributed by atoms with Crippen molar-refractivity contribution < 1.29 is 9.18 Å². The number of halogens is 3. The Balaban J connectivity index is 0.00000140. The number of carbonyl (C=O) groups excluding carboxylic acids is 1. The van der Waals surface area contributed by atoms with E-state index < -0.39 is 5.82 Å². The van der Waals surface area contributed by atoms with Crippen molar-refractivity contribution in [2.24, 2.45) is 0 Å². The number of rotatable bonds is 3. The van der Waals surface area contributed by atoms with Crippen molar-refractivity contribution in [1.82, 2.24) is 14.4 Å². The first-order valence-corrected chi connectivity index (χ1v) is 8.77. The minimum absolute atomic E-state index is 0. The SMILES string of the molecule is Cc1cn2cc(NC(=O)c3ccc(N4CCCCC4)nc3)cc(F)c2n1.Cl.Cl. The Kier molecular flexibility index (Phi) is 7.21. The Labute approximate surface area is 175 Å². The number of amides is 1. The second-order valence-electron chi connectivity index (χ2n) is 6.60. The van der Waals surface area contributed by atoms with Gasteiger partial charge in [-0.15, -0.1) is 24.8 Å². The third kappa shape index (κ3) is 4.54. The maximum Gasteiger partial charge on any atom is 0.257 e. The number of hydrogen-bond donors (Lipinski definition) is 1. The van der Waals surface area contributed by atoms with Gasteiger partial charge >= 0.3 is 0 Å². The number of carbonyl (C=O) groups is 1. The lowest BCUT2D eigenvalue weighted by Gasteiger charge is -2.27. The third-order valence-corrected chi connectivity index (χ3v) is 4.57. The molecule has 1 N–H and O–H groups in total. The summed E-state index contributed by atoms with van der Waals surface area (Å²) in [5.41, 5.74) is 1.77. The molecule has 3 aromatic heterocycles. The molecule has 0 bridgehead atoms. The molecule has 0 radical (unpaired) electrons. The highest BCUT2D eigenvalue weighted by Gasteiger charge is 2.14. The molecule has 0 aliphatic carbocycles. The molecule has 6 nitrogen and oxygen atoms in total. The molecule has 1 aliphatic rings. The predicted octanol–water partition coefficient (Wildman–Crippen LogP) is 4.26. The zero-order valence-corrected chi connectivity index (χ0v) is 17.0. The molecular formula is C19H22Cl2FN5O. The van der Waals surface area contributed by atoms with Gasteiger partial charge in [0.25, 0.3) is 5.91 Å². The van der Waals surface area contributed by atoms with Gasteiger partial charge in [-0.2, -0.15) is 0 Å². The first-order chi connectivity index (χ1) is 12.6. The number of anilines is 2. The summed E-state index contributed by atoms with van der Waals surface area (Å²) in [6, 6.07) is 4.89. The van der Waals surface area contributed by atoms with Crippen molar-refractivity contribution in [3.8, 4) is 0 Å². The molecule has 1 fully saturated rings. The quantitative estimate of drug-likeness (QED) is 0.680. The van der Waals surface area contributed by atoms with Crippen molar-refractivity contribution >= 4 is 47.9 Å². The number of hydrogen-bond acceptors (Lipinski definition) is 4. The first kappa shape index (κ1) is 21.9. The van der Waals surface area contributed by atoms with E-state index in [0.717, 1.165) is 18.9 Å². The van der Waals surface area contributed by atoms with E-state index in [-0.39, 0.29) is 36.4 Å². The van der Waals surface area contributed by atoms with Crippen LogP contribution in [-0.4, -0.2) is 33.4 Å². The zero-order chi connectivity index (χ0) is 18.1. The van der Waals surface area contributed by atoms with Gasteiger partial charge in [-0.25, -0.2) is 14.4 Å². The third-order valence-electron chi connectivity index (χ3n) is 4.57. The van der Waals surface area contributed by atoms with E-state index in [2.05, 4.69) is 20.2 Å². The van der Waals surface area contributed by atoms with Crippen LogP contribution in [0.25, 0.3) is 5.65 Å². The fraction of sp³-hybridized carbons (Fsp3) is 0.316. The van der Waals surface area contributed by atoms with Gasteiger partial charge in [0.05, 0.1) is 16.9 Å². The van der Waals surface area contributed by atoms with Crippen LogP contribution >= 0.6 is 24.8 Å². The lowest BCUT2D eigenvalue weighted by atomic mass is 10.1. The molecule has 3 aromatic rings. The van der Waals surface area contributed by atoms with E-state index in [1.807, 2.05) is 6.07 Å². The molecule has 1 amide bonds. The van der Waals surface area contributed by atoms with E-state index in [1.54, 1.807) is 36.0 Å². The lowest BCUT2D eigenvalue weighted by molar-refractivity contribution is 0.102. The van der Waals surface area contributed by atoms with Gasteiger partial charge in [0.1, 0.15) is 5.82 Å². The minimum Gasteiger partial charge on any atom is -0.357 e. The number of aromatic nitrogens is 3. The number of aryl methyl sites for hydroxylation is 1. The van der Waals surface area contributed by atoms with Crippen molar-refractivity contribution in [1.29, 1.82) is 0 Å². The number of nitrogens with zero attached hydrogens (tertiary/aromatic N) is 4. The van der Waals surface area contributed by atoms with Crippen LogP contribution in [0, 0.1) is 12.7 Å². The molecule has 0 atom stereocenters. The highest BCUT2D eigenvalue weighted by molar-refractivity contribution is 6.04. The Morgan fingerprint density at radius 2 is 1.89 bits per heavy atom. The van der Waals surface area contributed by atoms with Gasteiger partial charge in [-0.05, 0) is 38.3 Å². The fourth-order valence-electron chi connectivity index (χ4n) is 3.28. The summed E-state index contributed by atoms with van der Waals surface area (Å²) < 4.78 is 15.7. The van der Waals surface area contributed by atoms with Crippen molar-refractivity contribution in [3.05, 3.63) is 53.9 Å². The molecule has 4 rings (SSSR count). The zero-order valence-electron chi connectivity index (χ0n) is 15.4.